The summed E-state index contributed by atoms with van der Waals surface area (Å²) in [5.74, 6) is 0.859. The SMILES string of the molecule is Cc1cc(Nc2ncnc3sc4c(c23)CC[C@H](C(=O)N(C)CCN(C)C)C4)c(=O)n2c1C(=O)CC21CCCCC1. The standard InChI is InChI=1S/C30H38N6O3S/c1-18-14-21(29(39)36-25(18)22(37)16-30(36)10-6-5-7-11-30)33-26-24-20-9-8-19(28(38)35(4)13-12-34(2)3)15-23(20)40-27(24)32-17-31-26/h14,17,19H,5-13,15-16H2,1-4H3,(H,31,32,33)/t19-/m0/s1. The lowest BCUT2D eigenvalue weighted by Gasteiger charge is -2.35. The van der Waals surface area contributed by atoms with Crippen molar-refractivity contribution in [3.63, 3.8) is 0 Å². The third-order valence-electron chi connectivity index (χ3n) is 9.11. The monoisotopic (exact) mass is 562 g/mol. The first-order valence-corrected chi connectivity index (χ1v) is 15.2. The third-order valence-corrected chi connectivity index (χ3v) is 10.3. The number of carbonyl (C=O) groups excluding carboxylic acids is 2. The van der Waals surface area contributed by atoms with Crippen molar-refractivity contribution in [3.05, 3.63) is 44.4 Å². The molecule has 0 saturated heterocycles. The molecular formula is C30H38N6O3S. The molecule has 212 valence electrons. The number of rotatable bonds is 6. The van der Waals surface area contributed by atoms with Gasteiger partial charge in [0, 0.05) is 37.4 Å². The van der Waals surface area contributed by atoms with Gasteiger partial charge in [0.05, 0.1) is 16.6 Å². The second kappa shape index (κ2) is 10.4. The van der Waals surface area contributed by atoms with E-state index in [1.54, 1.807) is 17.4 Å². The summed E-state index contributed by atoms with van der Waals surface area (Å²) in [5, 5.41) is 4.31. The minimum atomic E-state index is -0.395. The Balaban J connectivity index is 1.32. The number of likely N-dealkylation sites (N-methyl/N-ethyl adjacent to an activating group) is 2. The minimum Gasteiger partial charge on any atom is -0.344 e. The van der Waals surface area contributed by atoms with Crippen molar-refractivity contribution < 1.29 is 9.59 Å². The summed E-state index contributed by atoms with van der Waals surface area (Å²) < 4.78 is 1.82. The maximum atomic E-state index is 13.9. The van der Waals surface area contributed by atoms with Gasteiger partial charge < -0.3 is 15.1 Å². The summed E-state index contributed by atoms with van der Waals surface area (Å²) in [5.41, 5.74) is 2.49. The van der Waals surface area contributed by atoms with Crippen LogP contribution in [0.4, 0.5) is 11.5 Å². The Morgan fingerprint density at radius 1 is 1.15 bits per heavy atom. The van der Waals surface area contributed by atoms with Gasteiger partial charge in [-0.1, -0.05) is 19.3 Å². The second-order valence-electron chi connectivity index (χ2n) is 12.1. The summed E-state index contributed by atoms with van der Waals surface area (Å²) in [4.78, 5) is 55.3. The van der Waals surface area contributed by atoms with E-state index in [9.17, 15) is 14.4 Å². The molecule has 9 nitrogen and oxygen atoms in total. The third kappa shape index (κ3) is 4.55. The highest BCUT2D eigenvalue weighted by Gasteiger charge is 2.45. The molecule has 3 aromatic rings. The van der Waals surface area contributed by atoms with Gasteiger partial charge in [-0.25, -0.2) is 9.97 Å². The number of carbonyl (C=O) groups is 2. The van der Waals surface area contributed by atoms with Crippen LogP contribution in [0.15, 0.2) is 17.2 Å². The molecule has 2 aliphatic carbocycles. The molecule has 1 N–H and O–H groups in total. The highest BCUT2D eigenvalue weighted by Crippen LogP contribution is 2.44. The fourth-order valence-electron chi connectivity index (χ4n) is 7.02. The molecule has 1 spiro atoms. The maximum Gasteiger partial charge on any atom is 0.275 e. The van der Waals surface area contributed by atoms with E-state index >= 15 is 0 Å². The summed E-state index contributed by atoms with van der Waals surface area (Å²) >= 11 is 1.62. The number of amides is 1. The highest BCUT2D eigenvalue weighted by atomic mass is 32.1. The largest absolute Gasteiger partial charge is 0.344 e. The lowest BCUT2D eigenvalue weighted by atomic mass is 9.80. The van der Waals surface area contributed by atoms with Crippen LogP contribution in [-0.2, 0) is 23.2 Å². The van der Waals surface area contributed by atoms with E-state index in [0.29, 0.717) is 36.6 Å². The average Bonchev–Trinajstić information content (AvgIpc) is 3.45. The smallest absolute Gasteiger partial charge is 0.275 e. The zero-order chi connectivity index (χ0) is 28.2. The number of thiophene rings is 1. The minimum absolute atomic E-state index is 0.0367. The van der Waals surface area contributed by atoms with Gasteiger partial charge in [-0.2, -0.15) is 0 Å². The van der Waals surface area contributed by atoms with E-state index in [-0.39, 0.29) is 23.2 Å². The number of nitrogens with one attached hydrogen (secondary N) is 1. The van der Waals surface area contributed by atoms with Gasteiger partial charge in [0.1, 0.15) is 22.7 Å². The normalized spacial score (nSPS) is 19.7. The number of aromatic nitrogens is 3. The molecule has 3 aliphatic rings. The van der Waals surface area contributed by atoms with Crippen LogP contribution in [0.25, 0.3) is 10.2 Å². The van der Waals surface area contributed by atoms with Crippen molar-refractivity contribution in [2.24, 2.45) is 5.92 Å². The van der Waals surface area contributed by atoms with Gasteiger partial charge in [-0.15, -0.1) is 11.3 Å². The van der Waals surface area contributed by atoms with E-state index in [1.807, 2.05) is 37.5 Å². The Morgan fingerprint density at radius 2 is 1.93 bits per heavy atom. The molecule has 0 radical (unpaired) electrons. The van der Waals surface area contributed by atoms with Gasteiger partial charge >= 0.3 is 0 Å². The Hall–Kier alpha value is -3.11. The van der Waals surface area contributed by atoms with Crippen LogP contribution in [-0.4, -0.2) is 70.3 Å². The number of anilines is 2. The second-order valence-corrected chi connectivity index (χ2v) is 13.2. The fourth-order valence-corrected chi connectivity index (χ4v) is 8.29. The number of nitrogens with zero attached hydrogens (tertiary/aromatic N) is 5. The summed E-state index contributed by atoms with van der Waals surface area (Å²) in [7, 11) is 5.92. The lowest BCUT2D eigenvalue weighted by Crippen LogP contribution is -2.40. The molecule has 1 saturated carbocycles. The van der Waals surface area contributed by atoms with Crippen LogP contribution in [0.5, 0.6) is 0 Å². The zero-order valence-corrected chi connectivity index (χ0v) is 24.7. The number of hydrogen-bond acceptors (Lipinski definition) is 8. The van der Waals surface area contributed by atoms with E-state index in [2.05, 4.69) is 20.2 Å². The molecule has 0 aromatic carbocycles. The number of aryl methyl sites for hydroxylation is 2. The van der Waals surface area contributed by atoms with Crippen LogP contribution >= 0.6 is 11.3 Å². The van der Waals surface area contributed by atoms with Crippen LogP contribution in [0.1, 0.15) is 71.4 Å². The van der Waals surface area contributed by atoms with Crippen molar-refractivity contribution in [1.82, 2.24) is 24.3 Å². The molecule has 10 heteroatoms. The molecule has 6 rings (SSSR count). The van der Waals surface area contributed by atoms with Gasteiger partial charge in [0.15, 0.2) is 5.78 Å². The number of pyridine rings is 1. The number of fused-ring (bicyclic) bond motifs is 5. The Morgan fingerprint density at radius 3 is 2.67 bits per heavy atom. The number of hydrogen-bond donors (Lipinski definition) is 1. The van der Waals surface area contributed by atoms with Crippen molar-refractivity contribution in [3.8, 4) is 0 Å². The first-order valence-electron chi connectivity index (χ1n) is 14.4. The molecule has 0 bridgehead atoms. The highest BCUT2D eigenvalue weighted by molar-refractivity contribution is 7.19. The van der Waals surface area contributed by atoms with Crippen LogP contribution in [0, 0.1) is 12.8 Å². The Labute approximate surface area is 238 Å². The molecule has 1 fully saturated rings. The fraction of sp³-hybridized carbons (Fsp3) is 0.567. The summed E-state index contributed by atoms with van der Waals surface area (Å²) in [6, 6.07) is 1.80. The molecule has 1 amide bonds. The van der Waals surface area contributed by atoms with Crippen LogP contribution < -0.4 is 10.9 Å². The van der Waals surface area contributed by atoms with Crippen molar-refractivity contribution >= 4 is 44.7 Å². The van der Waals surface area contributed by atoms with Crippen molar-refractivity contribution in [2.45, 2.75) is 70.3 Å². The average molecular weight is 563 g/mol. The van der Waals surface area contributed by atoms with Gasteiger partial charge in [0.25, 0.3) is 5.56 Å². The number of Topliss-reactive ketones (excluding diaryl/α,β-unsaturated/α-hetero) is 1. The predicted octanol–water partition coefficient (Wildman–Crippen LogP) is 4.28. The first-order chi connectivity index (χ1) is 19.2. The molecule has 1 aliphatic heterocycles. The lowest BCUT2D eigenvalue weighted by molar-refractivity contribution is -0.134. The topological polar surface area (TPSA) is 100 Å². The first kappa shape index (κ1) is 27.1. The van der Waals surface area contributed by atoms with E-state index in [4.69, 9.17) is 0 Å². The van der Waals surface area contributed by atoms with Gasteiger partial charge in [-0.3, -0.25) is 19.0 Å². The predicted molar refractivity (Wildman–Crippen MR) is 158 cm³/mol. The summed E-state index contributed by atoms with van der Waals surface area (Å²) in [6.07, 6.45) is 9.18. The molecule has 4 heterocycles. The molecule has 40 heavy (non-hydrogen) atoms. The Kier molecular flexibility index (Phi) is 7.02. The quantitative estimate of drug-likeness (QED) is 0.479. The van der Waals surface area contributed by atoms with E-state index in [0.717, 1.165) is 67.3 Å². The molecule has 1 atom stereocenters. The van der Waals surface area contributed by atoms with E-state index in [1.165, 1.54) is 16.8 Å². The van der Waals surface area contributed by atoms with Crippen molar-refractivity contribution in [2.75, 3.05) is 39.5 Å². The van der Waals surface area contributed by atoms with Crippen LogP contribution in [0.2, 0.25) is 0 Å². The van der Waals surface area contributed by atoms with Crippen LogP contribution in [0.3, 0.4) is 0 Å². The summed E-state index contributed by atoms with van der Waals surface area (Å²) in [6.45, 7) is 3.47. The number of ketones is 1. The maximum absolute atomic E-state index is 13.9. The van der Waals surface area contributed by atoms with Gasteiger partial charge in [0.2, 0.25) is 5.91 Å². The molecule has 0 unspecified atom stereocenters. The molecular weight excluding hydrogens is 524 g/mol. The van der Waals surface area contributed by atoms with Gasteiger partial charge in [-0.05, 0) is 70.3 Å². The molecule has 3 aromatic heterocycles. The van der Waals surface area contributed by atoms with Crippen molar-refractivity contribution in [1.29, 1.82) is 0 Å². The van der Waals surface area contributed by atoms with E-state index < -0.39 is 5.54 Å². The Bertz CT molecular complexity index is 1550. The zero-order valence-electron chi connectivity index (χ0n) is 23.9.